The molecule has 3 heteroatoms. The third-order valence-electron chi connectivity index (χ3n) is 3.07. The van der Waals surface area contributed by atoms with Crippen LogP contribution in [-0.2, 0) is 4.74 Å². The summed E-state index contributed by atoms with van der Waals surface area (Å²) >= 11 is 0. The van der Waals surface area contributed by atoms with E-state index in [0.29, 0.717) is 0 Å². The van der Waals surface area contributed by atoms with Gasteiger partial charge in [0.2, 0.25) is 0 Å². The minimum absolute atomic E-state index is 0.191. The Labute approximate surface area is 73.1 Å². The molecule has 0 amide bonds. The van der Waals surface area contributed by atoms with Crippen molar-refractivity contribution < 1.29 is 9.84 Å². The maximum atomic E-state index is 9.83. The molecule has 1 atom stereocenters. The van der Waals surface area contributed by atoms with E-state index in [1.807, 2.05) is 0 Å². The van der Waals surface area contributed by atoms with E-state index >= 15 is 0 Å². The van der Waals surface area contributed by atoms with Crippen LogP contribution in [0.5, 0.6) is 0 Å². The molecule has 2 aliphatic rings. The van der Waals surface area contributed by atoms with Crippen LogP contribution >= 0.6 is 0 Å². The first-order valence-corrected chi connectivity index (χ1v) is 4.86. The van der Waals surface area contributed by atoms with Crippen molar-refractivity contribution in [3.8, 4) is 0 Å². The first-order valence-electron chi connectivity index (χ1n) is 4.86. The lowest BCUT2D eigenvalue weighted by Crippen LogP contribution is -2.54. The largest absolute Gasteiger partial charge is 0.390 e. The highest BCUT2D eigenvalue weighted by Crippen LogP contribution is 2.32. The quantitative estimate of drug-likeness (QED) is 0.550. The summed E-state index contributed by atoms with van der Waals surface area (Å²) in [7, 11) is 0. The van der Waals surface area contributed by atoms with Gasteiger partial charge in [-0.2, -0.15) is 0 Å². The fourth-order valence-electron chi connectivity index (χ4n) is 2.24. The van der Waals surface area contributed by atoms with Crippen LogP contribution in [0.4, 0.5) is 0 Å². The molecular weight excluding hydrogens is 154 g/mol. The summed E-state index contributed by atoms with van der Waals surface area (Å²) in [5.74, 6) is 0. The molecule has 0 bridgehead atoms. The first kappa shape index (κ1) is 8.48. The highest BCUT2D eigenvalue weighted by molar-refractivity contribution is 4.94. The number of aliphatic hydroxyl groups excluding tert-OH is 1. The van der Waals surface area contributed by atoms with E-state index < -0.39 is 0 Å². The van der Waals surface area contributed by atoms with Crippen molar-refractivity contribution in [3.05, 3.63) is 0 Å². The summed E-state index contributed by atoms with van der Waals surface area (Å²) in [6.07, 6.45) is 3.63. The van der Waals surface area contributed by atoms with Crippen LogP contribution in [-0.4, -0.2) is 36.5 Å². The molecule has 2 heterocycles. The number of piperidine rings is 1. The van der Waals surface area contributed by atoms with E-state index in [9.17, 15) is 5.11 Å². The lowest BCUT2D eigenvalue weighted by molar-refractivity contribution is -0.166. The lowest BCUT2D eigenvalue weighted by atomic mass is 9.83. The molecule has 0 aromatic rings. The van der Waals surface area contributed by atoms with Gasteiger partial charge in [-0.25, -0.2) is 0 Å². The molecule has 12 heavy (non-hydrogen) atoms. The Morgan fingerprint density at radius 3 is 2.75 bits per heavy atom. The lowest BCUT2D eigenvalue weighted by Gasteiger charge is -2.44. The van der Waals surface area contributed by atoms with Gasteiger partial charge in [0, 0.05) is 6.61 Å². The van der Waals surface area contributed by atoms with Crippen molar-refractivity contribution in [2.75, 3.05) is 19.7 Å². The third kappa shape index (κ3) is 1.37. The summed E-state index contributed by atoms with van der Waals surface area (Å²) in [6, 6.07) is 0. The molecule has 0 aromatic carbocycles. The Balaban J connectivity index is 2.04. The molecule has 2 fully saturated rings. The third-order valence-corrected chi connectivity index (χ3v) is 3.07. The van der Waals surface area contributed by atoms with E-state index in [2.05, 4.69) is 5.32 Å². The monoisotopic (exact) mass is 171 g/mol. The van der Waals surface area contributed by atoms with E-state index in [1.165, 1.54) is 0 Å². The summed E-state index contributed by atoms with van der Waals surface area (Å²) in [6.45, 7) is 2.80. The molecule has 2 saturated heterocycles. The number of hydrogen-bond acceptors (Lipinski definition) is 3. The highest BCUT2D eigenvalue weighted by Gasteiger charge is 2.41. The molecule has 0 aliphatic carbocycles. The van der Waals surface area contributed by atoms with Gasteiger partial charge in [0.1, 0.15) is 0 Å². The Bertz CT molecular complexity index is 146. The topological polar surface area (TPSA) is 41.5 Å². The van der Waals surface area contributed by atoms with Crippen LogP contribution in [0.15, 0.2) is 0 Å². The average Bonchev–Trinajstić information content (AvgIpc) is 2.12. The van der Waals surface area contributed by atoms with Crippen molar-refractivity contribution in [1.82, 2.24) is 5.32 Å². The zero-order chi connectivity index (χ0) is 8.44. The standard InChI is InChI=1S/C9H17NO2/c11-8-2-1-7-12-9(8)3-5-10-6-4-9/h8,10-11H,1-7H2/t8-/m1/s1. The van der Waals surface area contributed by atoms with Crippen LogP contribution < -0.4 is 5.32 Å². The minimum Gasteiger partial charge on any atom is -0.390 e. The van der Waals surface area contributed by atoms with Crippen LogP contribution in [0.1, 0.15) is 25.7 Å². The minimum atomic E-state index is -0.228. The molecule has 2 aliphatic heterocycles. The van der Waals surface area contributed by atoms with Gasteiger partial charge in [-0.05, 0) is 38.8 Å². The molecule has 0 radical (unpaired) electrons. The summed E-state index contributed by atoms with van der Waals surface area (Å²) in [5, 5.41) is 13.1. The van der Waals surface area contributed by atoms with Crippen molar-refractivity contribution >= 4 is 0 Å². The van der Waals surface area contributed by atoms with Crippen molar-refractivity contribution in [3.63, 3.8) is 0 Å². The predicted octanol–water partition coefficient (Wildman–Crippen LogP) is 0.280. The molecule has 0 saturated carbocycles. The molecule has 0 aromatic heterocycles. The highest BCUT2D eigenvalue weighted by atomic mass is 16.5. The summed E-state index contributed by atoms with van der Waals surface area (Å²) in [5.41, 5.74) is -0.191. The smallest absolute Gasteiger partial charge is 0.0964 e. The zero-order valence-corrected chi connectivity index (χ0v) is 7.38. The van der Waals surface area contributed by atoms with E-state index in [4.69, 9.17) is 4.74 Å². The molecule has 2 rings (SSSR count). The number of aliphatic hydroxyl groups is 1. The fraction of sp³-hybridized carbons (Fsp3) is 1.00. The molecule has 70 valence electrons. The van der Waals surface area contributed by atoms with Crippen LogP contribution in [0.3, 0.4) is 0 Å². The molecule has 3 nitrogen and oxygen atoms in total. The van der Waals surface area contributed by atoms with Gasteiger partial charge in [-0.1, -0.05) is 0 Å². The second kappa shape index (κ2) is 3.32. The number of hydrogen-bond donors (Lipinski definition) is 2. The van der Waals surface area contributed by atoms with Gasteiger partial charge >= 0.3 is 0 Å². The Morgan fingerprint density at radius 2 is 2.08 bits per heavy atom. The maximum absolute atomic E-state index is 9.83. The van der Waals surface area contributed by atoms with Crippen LogP contribution in [0.2, 0.25) is 0 Å². The van der Waals surface area contributed by atoms with E-state index in [0.717, 1.165) is 45.4 Å². The van der Waals surface area contributed by atoms with Gasteiger partial charge in [0.05, 0.1) is 11.7 Å². The van der Waals surface area contributed by atoms with Gasteiger partial charge in [0.15, 0.2) is 0 Å². The van der Waals surface area contributed by atoms with Crippen LogP contribution in [0.25, 0.3) is 0 Å². The van der Waals surface area contributed by atoms with Gasteiger partial charge in [0.25, 0.3) is 0 Å². The molecule has 0 unspecified atom stereocenters. The molecule has 2 N–H and O–H groups in total. The average molecular weight is 171 g/mol. The van der Waals surface area contributed by atoms with Gasteiger partial charge in [-0.15, -0.1) is 0 Å². The number of rotatable bonds is 0. The van der Waals surface area contributed by atoms with Gasteiger partial charge in [-0.3, -0.25) is 0 Å². The van der Waals surface area contributed by atoms with Crippen molar-refractivity contribution in [2.45, 2.75) is 37.4 Å². The van der Waals surface area contributed by atoms with Crippen molar-refractivity contribution in [2.24, 2.45) is 0 Å². The Hall–Kier alpha value is -0.120. The fourth-order valence-corrected chi connectivity index (χ4v) is 2.24. The van der Waals surface area contributed by atoms with E-state index in [1.54, 1.807) is 0 Å². The second-order valence-electron chi connectivity index (χ2n) is 3.82. The SMILES string of the molecule is O[C@@H]1CCCOC12CCNCC2. The first-order chi connectivity index (χ1) is 5.83. The Morgan fingerprint density at radius 1 is 1.33 bits per heavy atom. The summed E-state index contributed by atoms with van der Waals surface area (Å²) in [4.78, 5) is 0. The molecular formula is C9H17NO2. The predicted molar refractivity (Wildman–Crippen MR) is 46.0 cm³/mol. The zero-order valence-electron chi connectivity index (χ0n) is 7.38. The number of nitrogens with one attached hydrogen (secondary N) is 1. The molecule has 1 spiro atoms. The van der Waals surface area contributed by atoms with E-state index in [-0.39, 0.29) is 11.7 Å². The Kier molecular flexibility index (Phi) is 2.35. The van der Waals surface area contributed by atoms with Crippen molar-refractivity contribution in [1.29, 1.82) is 0 Å². The second-order valence-corrected chi connectivity index (χ2v) is 3.82. The van der Waals surface area contributed by atoms with Crippen LogP contribution in [0, 0.1) is 0 Å². The normalized spacial score (nSPS) is 35.2. The number of ether oxygens (including phenoxy) is 1. The maximum Gasteiger partial charge on any atom is 0.0964 e. The van der Waals surface area contributed by atoms with Gasteiger partial charge < -0.3 is 15.2 Å². The summed E-state index contributed by atoms with van der Waals surface area (Å²) < 4.78 is 5.73.